The summed E-state index contributed by atoms with van der Waals surface area (Å²) in [4.78, 5) is 24.2. The number of alkyl halides is 6. The molecule has 3 rings (SSSR count). The molecule has 0 unspecified atom stereocenters. The second kappa shape index (κ2) is 9.80. The lowest BCUT2D eigenvalue weighted by molar-refractivity contribution is -0.128. The van der Waals surface area contributed by atoms with Crippen LogP contribution in [-0.4, -0.2) is 33.9 Å². The highest BCUT2D eigenvalue weighted by Gasteiger charge is 2.33. The monoisotopic (exact) mass is 498 g/mol. The average molecular weight is 498 g/mol. The van der Waals surface area contributed by atoms with Crippen molar-refractivity contribution >= 4 is 17.5 Å². The van der Waals surface area contributed by atoms with Gasteiger partial charge in [-0.1, -0.05) is 24.3 Å². The number of halogens is 6. The van der Waals surface area contributed by atoms with Gasteiger partial charge < -0.3 is 11.1 Å². The summed E-state index contributed by atoms with van der Waals surface area (Å²) < 4.78 is 77.8. The Labute approximate surface area is 195 Å². The number of carbonyl (C=O) groups is 2. The zero-order chi connectivity index (χ0) is 26.0. The summed E-state index contributed by atoms with van der Waals surface area (Å²) in [5.41, 5.74) is 5.85. The molecule has 0 radical (unpaired) electrons. The fourth-order valence-corrected chi connectivity index (χ4v) is 3.51. The average Bonchev–Trinajstić information content (AvgIpc) is 3.06. The molecule has 186 valence electrons. The van der Waals surface area contributed by atoms with Crippen molar-refractivity contribution in [2.75, 3.05) is 5.32 Å². The van der Waals surface area contributed by atoms with Crippen LogP contribution in [0.4, 0.5) is 32.0 Å². The van der Waals surface area contributed by atoms with Crippen molar-refractivity contribution in [2.24, 2.45) is 5.73 Å². The lowest BCUT2D eigenvalue weighted by atomic mass is 10.1. The predicted molar refractivity (Wildman–Crippen MR) is 115 cm³/mol. The zero-order valence-electron chi connectivity index (χ0n) is 18.3. The van der Waals surface area contributed by atoms with E-state index in [-0.39, 0.29) is 17.7 Å². The van der Waals surface area contributed by atoms with Gasteiger partial charge in [0.15, 0.2) is 0 Å². The largest absolute Gasteiger partial charge is 0.394 e. The quantitative estimate of drug-likeness (QED) is 0.459. The molecule has 3 N–H and O–H groups in total. The van der Waals surface area contributed by atoms with Crippen LogP contribution in [0.25, 0.3) is 0 Å². The van der Waals surface area contributed by atoms with Crippen molar-refractivity contribution in [3.05, 3.63) is 82.2 Å². The molecule has 2 amide bonds. The maximum Gasteiger partial charge on any atom is 0.394 e. The molecule has 12 heteroatoms. The number of carbonyl (C=O) groups excluding carboxylic acids is 2. The topological polar surface area (TPSA) is 90.0 Å². The van der Waals surface area contributed by atoms with Crippen molar-refractivity contribution in [1.82, 2.24) is 9.78 Å². The smallest absolute Gasteiger partial charge is 0.366 e. The Kier molecular flexibility index (Phi) is 7.22. The van der Waals surface area contributed by atoms with Gasteiger partial charge in [-0.15, -0.1) is 0 Å². The van der Waals surface area contributed by atoms with E-state index in [1.807, 2.05) is 0 Å². The lowest BCUT2D eigenvalue weighted by Gasteiger charge is -2.13. The van der Waals surface area contributed by atoms with Crippen molar-refractivity contribution in [2.45, 2.75) is 38.7 Å². The highest BCUT2D eigenvalue weighted by atomic mass is 19.4. The van der Waals surface area contributed by atoms with Crippen LogP contribution in [0.15, 0.2) is 48.5 Å². The van der Waals surface area contributed by atoms with Crippen LogP contribution in [0.1, 0.15) is 43.2 Å². The van der Waals surface area contributed by atoms with E-state index in [9.17, 15) is 35.9 Å². The molecule has 2 aromatic carbocycles. The van der Waals surface area contributed by atoms with Gasteiger partial charge in [0.1, 0.15) is 0 Å². The van der Waals surface area contributed by atoms with E-state index in [2.05, 4.69) is 10.4 Å². The number of benzene rings is 2. The molecule has 0 spiro atoms. The van der Waals surface area contributed by atoms with Crippen LogP contribution in [0.2, 0.25) is 0 Å². The molecule has 0 fully saturated rings. The summed E-state index contributed by atoms with van der Waals surface area (Å²) in [5, 5.41) is 6.37. The molecule has 0 aliphatic carbocycles. The standard InChI is InChI=1S/C23H20F6N4O2/c1-13-8-14(6-7-19(13)31-21(35)18-5-3-2-4-17(18)20(30)34)12-33-16(11-23(27,28)29)9-15(32-33)10-22(24,25)26/h2-9H,10-12H2,1H3,(H2,30,34)(H,31,35). The number of rotatable bonds is 7. The Morgan fingerprint density at radius 3 is 2.14 bits per heavy atom. The Morgan fingerprint density at radius 1 is 0.943 bits per heavy atom. The molecule has 0 aliphatic rings. The van der Waals surface area contributed by atoms with Crippen LogP contribution in [0.5, 0.6) is 0 Å². The molecule has 1 aromatic heterocycles. The highest BCUT2D eigenvalue weighted by molar-refractivity contribution is 6.12. The number of amides is 2. The maximum absolute atomic E-state index is 12.9. The van der Waals surface area contributed by atoms with Gasteiger partial charge in [0.2, 0.25) is 5.91 Å². The Hall–Kier alpha value is -3.83. The minimum Gasteiger partial charge on any atom is -0.366 e. The number of nitrogens with zero attached hydrogens (tertiary/aromatic N) is 2. The van der Waals surface area contributed by atoms with Gasteiger partial charge in [-0.05, 0) is 42.3 Å². The van der Waals surface area contributed by atoms with Gasteiger partial charge in [-0.2, -0.15) is 31.4 Å². The third-order valence-corrected chi connectivity index (χ3v) is 4.99. The first kappa shape index (κ1) is 25.8. The number of nitrogens with two attached hydrogens (primary N) is 1. The van der Waals surface area contributed by atoms with E-state index in [1.54, 1.807) is 25.1 Å². The summed E-state index contributed by atoms with van der Waals surface area (Å²) >= 11 is 0. The van der Waals surface area contributed by atoms with E-state index in [4.69, 9.17) is 5.73 Å². The molecule has 0 atom stereocenters. The molecule has 0 saturated carbocycles. The van der Waals surface area contributed by atoms with Crippen LogP contribution in [-0.2, 0) is 19.4 Å². The minimum absolute atomic E-state index is 0.0322. The predicted octanol–water partition coefficient (Wildman–Crippen LogP) is 4.80. The molecule has 1 heterocycles. The van der Waals surface area contributed by atoms with E-state index in [0.29, 0.717) is 16.8 Å². The van der Waals surface area contributed by atoms with Gasteiger partial charge in [0.05, 0.1) is 36.2 Å². The highest BCUT2D eigenvalue weighted by Crippen LogP contribution is 2.26. The fraction of sp³-hybridized carbons (Fsp3) is 0.261. The Morgan fingerprint density at radius 2 is 1.57 bits per heavy atom. The second-order valence-corrected chi connectivity index (χ2v) is 7.88. The number of hydrogen-bond acceptors (Lipinski definition) is 3. The molecule has 6 nitrogen and oxygen atoms in total. The fourth-order valence-electron chi connectivity index (χ4n) is 3.51. The van der Waals surface area contributed by atoms with Crippen molar-refractivity contribution < 1.29 is 35.9 Å². The number of anilines is 1. The van der Waals surface area contributed by atoms with Gasteiger partial charge in [-0.3, -0.25) is 14.3 Å². The Bertz CT molecular complexity index is 1250. The lowest BCUT2D eigenvalue weighted by Crippen LogP contribution is -2.20. The normalized spacial score (nSPS) is 12.0. The van der Waals surface area contributed by atoms with Gasteiger partial charge >= 0.3 is 12.4 Å². The summed E-state index contributed by atoms with van der Waals surface area (Å²) in [6.45, 7) is 1.43. The molecule has 0 aliphatic heterocycles. The first-order valence-corrected chi connectivity index (χ1v) is 10.2. The molecule has 35 heavy (non-hydrogen) atoms. The number of nitrogens with one attached hydrogen (secondary N) is 1. The number of hydrogen-bond donors (Lipinski definition) is 2. The van der Waals surface area contributed by atoms with Crippen LogP contribution in [0.3, 0.4) is 0 Å². The summed E-state index contributed by atoms with van der Waals surface area (Å²) in [6.07, 6.45) is -12.1. The molecular formula is C23H20F6N4O2. The van der Waals surface area contributed by atoms with E-state index < -0.39 is 48.4 Å². The second-order valence-electron chi connectivity index (χ2n) is 7.88. The molecule has 0 saturated heterocycles. The van der Waals surface area contributed by atoms with Gasteiger partial charge in [0.25, 0.3) is 5.91 Å². The van der Waals surface area contributed by atoms with E-state index in [0.717, 1.165) is 10.7 Å². The third kappa shape index (κ3) is 7.08. The summed E-state index contributed by atoms with van der Waals surface area (Å²) in [6, 6.07) is 11.3. The van der Waals surface area contributed by atoms with E-state index in [1.165, 1.54) is 24.3 Å². The van der Waals surface area contributed by atoms with Crippen molar-refractivity contribution in [3.63, 3.8) is 0 Å². The van der Waals surface area contributed by atoms with Crippen LogP contribution in [0, 0.1) is 6.92 Å². The number of primary amides is 1. The maximum atomic E-state index is 12.9. The zero-order valence-corrected chi connectivity index (χ0v) is 18.3. The van der Waals surface area contributed by atoms with Crippen LogP contribution >= 0.6 is 0 Å². The number of aromatic nitrogens is 2. The first-order chi connectivity index (χ1) is 16.2. The Balaban J connectivity index is 1.83. The van der Waals surface area contributed by atoms with Crippen molar-refractivity contribution in [1.29, 1.82) is 0 Å². The third-order valence-electron chi connectivity index (χ3n) is 4.99. The van der Waals surface area contributed by atoms with E-state index >= 15 is 0 Å². The van der Waals surface area contributed by atoms with Crippen LogP contribution < -0.4 is 11.1 Å². The summed E-state index contributed by atoms with van der Waals surface area (Å²) in [7, 11) is 0. The SMILES string of the molecule is Cc1cc(Cn2nc(CC(F)(F)F)cc2CC(F)(F)F)ccc1NC(=O)c1ccccc1C(N)=O. The minimum atomic E-state index is -4.63. The van der Waals surface area contributed by atoms with Gasteiger partial charge in [-0.25, -0.2) is 0 Å². The number of aryl methyl sites for hydroxylation is 1. The van der Waals surface area contributed by atoms with Crippen molar-refractivity contribution in [3.8, 4) is 0 Å². The summed E-state index contributed by atoms with van der Waals surface area (Å²) in [5.74, 6) is -1.37. The van der Waals surface area contributed by atoms with Gasteiger partial charge in [0, 0.05) is 11.4 Å². The first-order valence-electron chi connectivity index (χ1n) is 10.2. The molecule has 0 bridgehead atoms. The molecule has 3 aromatic rings. The molecular weight excluding hydrogens is 478 g/mol.